The Kier molecular flexibility index (Phi) is 4.47. The van der Waals surface area contributed by atoms with Gasteiger partial charge in [0.15, 0.2) is 5.69 Å². The fourth-order valence-corrected chi connectivity index (χ4v) is 3.94. The highest BCUT2D eigenvalue weighted by Crippen LogP contribution is 2.42. The molecule has 1 aromatic carbocycles. The number of aromatic hydroxyl groups is 1. The lowest BCUT2D eigenvalue weighted by Crippen LogP contribution is -2.44. The molecule has 1 aliphatic heterocycles. The van der Waals surface area contributed by atoms with Crippen LogP contribution in [0.5, 0.6) is 5.75 Å². The minimum atomic E-state index is -0.614. The summed E-state index contributed by atoms with van der Waals surface area (Å²) in [6, 6.07) is 7.77. The fraction of sp³-hybridized carbons (Fsp3) is 0.450. The van der Waals surface area contributed by atoms with Crippen LogP contribution < -0.4 is 10.9 Å². The van der Waals surface area contributed by atoms with Gasteiger partial charge in [-0.1, -0.05) is 29.8 Å². The summed E-state index contributed by atoms with van der Waals surface area (Å²) in [6.07, 6.45) is 3.53. The van der Waals surface area contributed by atoms with Gasteiger partial charge in [-0.25, -0.2) is 4.98 Å². The standard InChI is InChI=1S/C20H23N3O4/c1-13-4-6-14(7-5-13)12-21-17(25)15-16(24)18(26)23-10-11-27-20(19(23)22-15)8-2-3-9-20/h4-7,24H,2-3,8-12H2,1H3,(H,21,25). The van der Waals surface area contributed by atoms with Crippen molar-refractivity contribution in [2.75, 3.05) is 6.61 Å². The van der Waals surface area contributed by atoms with Gasteiger partial charge in [-0.05, 0) is 38.2 Å². The van der Waals surface area contributed by atoms with Crippen LogP contribution in [-0.4, -0.2) is 27.2 Å². The Morgan fingerprint density at radius 1 is 1.30 bits per heavy atom. The van der Waals surface area contributed by atoms with E-state index in [0.717, 1.165) is 36.8 Å². The molecule has 2 aromatic rings. The van der Waals surface area contributed by atoms with Gasteiger partial charge in [-0.3, -0.25) is 14.2 Å². The zero-order valence-corrected chi connectivity index (χ0v) is 15.3. The number of benzene rings is 1. The normalized spacial score (nSPS) is 17.7. The van der Waals surface area contributed by atoms with Gasteiger partial charge in [0.25, 0.3) is 11.5 Å². The summed E-state index contributed by atoms with van der Waals surface area (Å²) < 4.78 is 7.45. The largest absolute Gasteiger partial charge is 0.501 e. The lowest BCUT2D eigenvalue weighted by molar-refractivity contribution is -0.0789. The molecule has 0 atom stereocenters. The Hall–Kier alpha value is -2.67. The van der Waals surface area contributed by atoms with Crippen molar-refractivity contribution in [1.29, 1.82) is 0 Å². The van der Waals surface area contributed by atoms with Crippen molar-refractivity contribution in [1.82, 2.24) is 14.9 Å². The summed E-state index contributed by atoms with van der Waals surface area (Å²) in [6.45, 7) is 3.03. The third-order valence-corrected chi connectivity index (χ3v) is 5.45. The van der Waals surface area contributed by atoms with E-state index in [0.29, 0.717) is 25.5 Å². The number of hydrogen-bond acceptors (Lipinski definition) is 5. The third kappa shape index (κ3) is 3.12. The number of hydrogen-bond donors (Lipinski definition) is 2. The summed E-state index contributed by atoms with van der Waals surface area (Å²) in [7, 11) is 0. The van der Waals surface area contributed by atoms with Gasteiger partial charge in [0.1, 0.15) is 11.4 Å². The molecule has 0 saturated heterocycles. The molecule has 2 aliphatic rings. The summed E-state index contributed by atoms with van der Waals surface area (Å²) >= 11 is 0. The zero-order chi connectivity index (χ0) is 19.0. The van der Waals surface area contributed by atoms with E-state index in [4.69, 9.17) is 4.74 Å². The van der Waals surface area contributed by atoms with Crippen molar-refractivity contribution in [2.45, 2.75) is 51.3 Å². The molecule has 1 fully saturated rings. The van der Waals surface area contributed by atoms with Crippen molar-refractivity contribution in [3.8, 4) is 5.75 Å². The number of carbonyl (C=O) groups excluding carboxylic acids is 1. The molecule has 142 valence electrons. The highest BCUT2D eigenvalue weighted by Gasteiger charge is 2.44. The first-order valence-corrected chi connectivity index (χ1v) is 9.32. The molecule has 0 bridgehead atoms. The predicted molar refractivity (Wildman–Crippen MR) is 98.6 cm³/mol. The van der Waals surface area contributed by atoms with Crippen molar-refractivity contribution in [3.05, 3.63) is 57.3 Å². The van der Waals surface area contributed by atoms with E-state index in [1.54, 1.807) is 0 Å². The van der Waals surface area contributed by atoms with E-state index in [1.807, 2.05) is 31.2 Å². The number of amides is 1. The quantitative estimate of drug-likeness (QED) is 0.863. The average molecular weight is 369 g/mol. The maximum absolute atomic E-state index is 12.6. The first-order valence-electron chi connectivity index (χ1n) is 9.32. The SMILES string of the molecule is Cc1ccc(CNC(=O)c2nc3n(c(=O)c2O)CCOC32CCCC2)cc1. The topological polar surface area (TPSA) is 93.5 Å². The molecule has 0 unspecified atom stereocenters. The van der Waals surface area contributed by atoms with Crippen LogP contribution in [0.4, 0.5) is 0 Å². The molecule has 1 aromatic heterocycles. The van der Waals surface area contributed by atoms with Gasteiger partial charge in [0.05, 0.1) is 13.2 Å². The highest BCUT2D eigenvalue weighted by molar-refractivity contribution is 5.94. The summed E-state index contributed by atoms with van der Waals surface area (Å²) in [5.74, 6) is -0.697. The second kappa shape index (κ2) is 6.81. The van der Waals surface area contributed by atoms with Crippen LogP contribution in [0.2, 0.25) is 0 Å². The Bertz CT molecular complexity index is 927. The monoisotopic (exact) mass is 369 g/mol. The van der Waals surface area contributed by atoms with Crippen LogP contribution in [0.25, 0.3) is 0 Å². The number of nitrogens with one attached hydrogen (secondary N) is 1. The number of rotatable bonds is 3. The van der Waals surface area contributed by atoms with E-state index in [2.05, 4.69) is 10.3 Å². The van der Waals surface area contributed by atoms with Gasteiger partial charge in [0.2, 0.25) is 5.75 Å². The van der Waals surface area contributed by atoms with Gasteiger partial charge in [-0.15, -0.1) is 0 Å². The maximum atomic E-state index is 12.6. The lowest BCUT2D eigenvalue weighted by Gasteiger charge is -2.35. The molecular weight excluding hydrogens is 346 g/mol. The smallest absolute Gasteiger partial charge is 0.296 e. The first-order chi connectivity index (χ1) is 13.0. The van der Waals surface area contributed by atoms with Crippen LogP contribution in [0.3, 0.4) is 0 Å². The van der Waals surface area contributed by atoms with Crippen LogP contribution >= 0.6 is 0 Å². The van der Waals surface area contributed by atoms with E-state index >= 15 is 0 Å². The number of carbonyl (C=O) groups is 1. The molecule has 7 nitrogen and oxygen atoms in total. The van der Waals surface area contributed by atoms with E-state index in [1.165, 1.54) is 4.57 Å². The molecule has 7 heteroatoms. The molecule has 1 spiro atoms. The molecular formula is C20H23N3O4. The second-order valence-electron chi connectivity index (χ2n) is 7.31. The summed E-state index contributed by atoms with van der Waals surface area (Å²) in [5, 5.41) is 13.0. The molecule has 1 saturated carbocycles. The molecule has 1 amide bonds. The van der Waals surface area contributed by atoms with Crippen LogP contribution in [0.15, 0.2) is 29.1 Å². The highest BCUT2D eigenvalue weighted by atomic mass is 16.5. The van der Waals surface area contributed by atoms with E-state index in [-0.39, 0.29) is 5.69 Å². The Morgan fingerprint density at radius 3 is 2.70 bits per heavy atom. The number of aryl methyl sites for hydroxylation is 1. The number of fused-ring (bicyclic) bond motifs is 2. The van der Waals surface area contributed by atoms with Crippen molar-refractivity contribution >= 4 is 5.91 Å². The molecule has 4 rings (SSSR count). The van der Waals surface area contributed by atoms with Crippen molar-refractivity contribution in [2.24, 2.45) is 0 Å². The Labute approximate surface area is 157 Å². The third-order valence-electron chi connectivity index (χ3n) is 5.45. The molecule has 2 heterocycles. The molecule has 2 N–H and O–H groups in total. The second-order valence-corrected chi connectivity index (χ2v) is 7.31. The van der Waals surface area contributed by atoms with Crippen LogP contribution in [-0.2, 0) is 23.4 Å². The molecule has 27 heavy (non-hydrogen) atoms. The Balaban J connectivity index is 1.64. The van der Waals surface area contributed by atoms with Crippen molar-refractivity contribution < 1.29 is 14.6 Å². The number of ether oxygens (including phenoxy) is 1. The zero-order valence-electron chi connectivity index (χ0n) is 15.3. The first kappa shape index (κ1) is 17.7. The van der Waals surface area contributed by atoms with E-state index in [9.17, 15) is 14.7 Å². The molecule has 1 aliphatic carbocycles. The van der Waals surface area contributed by atoms with Gasteiger partial charge >= 0.3 is 0 Å². The number of aromatic nitrogens is 2. The summed E-state index contributed by atoms with van der Waals surface area (Å²) in [5.41, 5.74) is 0.648. The Morgan fingerprint density at radius 2 is 2.00 bits per heavy atom. The van der Waals surface area contributed by atoms with Crippen LogP contribution in [0.1, 0.15) is 53.1 Å². The van der Waals surface area contributed by atoms with Gasteiger partial charge < -0.3 is 15.2 Å². The predicted octanol–water partition coefficient (Wildman–Crippen LogP) is 1.99. The summed E-state index contributed by atoms with van der Waals surface area (Å²) in [4.78, 5) is 29.7. The maximum Gasteiger partial charge on any atom is 0.296 e. The average Bonchev–Trinajstić information content (AvgIpc) is 3.13. The minimum Gasteiger partial charge on any atom is -0.501 e. The lowest BCUT2D eigenvalue weighted by atomic mass is 9.99. The van der Waals surface area contributed by atoms with Crippen LogP contribution in [0, 0.1) is 6.92 Å². The number of nitrogens with zero attached hydrogens (tertiary/aromatic N) is 2. The minimum absolute atomic E-state index is 0.227. The fourth-order valence-electron chi connectivity index (χ4n) is 3.94. The van der Waals surface area contributed by atoms with Crippen molar-refractivity contribution in [3.63, 3.8) is 0 Å². The van der Waals surface area contributed by atoms with E-state index < -0.39 is 22.8 Å². The van der Waals surface area contributed by atoms with Gasteiger partial charge in [-0.2, -0.15) is 0 Å². The molecule has 0 radical (unpaired) electrons. The van der Waals surface area contributed by atoms with Gasteiger partial charge in [0, 0.05) is 6.54 Å².